The Bertz CT molecular complexity index is 1270. The van der Waals surface area contributed by atoms with Gasteiger partial charge in [0.05, 0.1) is 17.7 Å². The molecule has 2 amide bonds. The standard InChI is InChI=1S/C29H31ClN4O3S/c1-32(2)18-23-19-33(16-17-37-23)22-14-12-21(13-15-22)26(20-8-4-3-5-9-20)34-29(36)27(28(35)31-34)38-25-11-7-6-10-24(25)30/h3-15,23,26-27H,16-19H2,1-2H3,(H,31,35). The van der Waals surface area contributed by atoms with Gasteiger partial charge in [-0.05, 0) is 49.5 Å². The van der Waals surface area contributed by atoms with Gasteiger partial charge in [0, 0.05) is 30.2 Å². The first-order chi connectivity index (χ1) is 18.4. The Kier molecular flexibility index (Phi) is 8.24. The molecule has 0 bridgehead atoms. The number of carbonyl (C=O) groups excluding carboxylic acids is 2. The van der Waals surface area contributed by atoms with Crippen molar-refractivity contribution in [2.45, 2.75) is 22.3 Å². The van der Waals surface area contributed by atoms with Crippen LogP contribution in [0.4, 0.5) is 5.69 Å². The van der Waals surface area contributed by atoms with Gasteiger partial charge in [-0.15, -0.1) is 11.8 Å². The molecule has 2 aliphatic heterocycles. The summed E-state index contributed by atoms with van der Waals surface area (Å²) >= 11 is 7.48. The highest BCUT2D eigenvalue weighted by Crippen LogP contribution is 2.37. The lowest BCUT2D eigenvalue weighted by Crippen LogP contribution is -2.46. The van der Waals surface area contributed by atoms with Crippen molar-refractivity contribution in [1.82, 2.24) is 15.3 Å². The smallest absolute Gasteiger partial charge is 0.265 e. The number of benzene rings is 3. The van der Waals surface area contributed by atoms with Crippen molar-refractivity contribution in [3.05, 3.63) is 95.0 Å². The van der Waals surface area contributed by atoms with Crippen molar-refractivity contribution in [3.63, 3.8) is 0 Å². The number of halogens is 1. The lowest BCUT2D eigenvalue weighted by Gasteiger charge is -2.36. The van der Waals surface area contributed by atoms with Gasteiger partial charge in [0.2, 0.25) is 0 Å². The van der Waals surface area contributed by atoms with E-state index in [2.05, 4.69) is 41.5 Å². The summed E-state index contributed by atoms with van der Waals surface area (Å²) in [6.45, 7) is 3.20. The van der Waals surface area contributed by atoms with E-state index in [-0.39, 0.29) is 17.9 Å². The number of likely N-dealkylation sites (N-methyl/N-ethyl adjacent to an activating group) is 1. The highest BCUT2D eigenvalue weighted by Gasteiger charge is 2.44. The monoisotopic (exact) mass is 550 g/mol. The minimum absolute atomic E-state index is 0.153. The van der Waals surface area contributed by atoms with Crippen molar-refractivity contribution in [1.29, 1.82) is 0 Å². The molecule has 3 unspecified atom stereocenters. The van der Waals surface area contributed by atoms with Crippen molar-refractivity contribution in [2.24, 2.45) is 0 Å². The number of carbonyl (C=O) groups is 2. The lowest BCUT2D eigenvalue weighted by molar-refractivity contribution is -0.131. The average molecular weight is 551 g/mol. The number of anilines is 1. The van der Waals surface area contributed by atoms with Crippen LogP contribution in [0.15, 0.2) is 83.8 Å². The van der Waals surface area contributed by atoms with Crippen LogP contribution in [-0.4, -0.2) is 73.4 Å². The fourth-order valence-electron chi connectivity index (χ4n) is 4.90. The van der Waals surface area contributed by atoms with Crippen molar-refractivity contribution in [3.8, 4) is 0 Å². The van der Waals surface area contributed by atoms with Gasteiger partial charge in [0.25, 0.3) is 11.8 Å². The second-order valence-electron chi connectivity index (χ2n) is 9.72. The van der Waals surface area contributed by atoms with Gasteiger partial charge in [-0.2, -0.15) is 0 Å². The number of nitrogens with one attached hydrogen (secondary N) is 1. The molecule has 2 heterocycles. The van der Waals surface area contributed by atoms with E-state index in [1.54, 1.807) is 6.07 Å². The minimum Gasteiger partial charge on any atom is -0.373 e. The molecule has 7 nitrogen and oxygen atoms in total. The summed E-state index contributed by atoms with van der Waals surface area (Å²) in [5.41, 5.74) is 5.77. The van der Waals surface area contributed by atoms with E-state index in [1.807, 2.05) is 60.7 Å². The van der Waals surface area contributed by atoms with Crippen LogP contribution in [0, 0.1) is 0 Å². The van der Waals surface area contributed by atoms with E-state index in [9.17, 15) is 9.59 Å². The molecule has 0 radical (unpaired) electrons. The third kappa shape index (κ3) is 5.83. The Hall–Kier alpha value is -3.04. The highest BCUT2D eigenvalue weighted by molar-refractivity contribution is 8.01. The third-order valence-electron chi connectivity index (χ3n) is 6.67. The van der Waals surface area contributed by atoms with E-state index in [1.165, 1.54) is 16.8 Å². The van der Waals surface area contributed by atoms with E-state index >= 15 is 0 Å². The molecule has 1 N–H and O–H groups in total. The van der Waals surface area contributed by atoms with E-state index in [0.29, 0.717) is 16.5 Å². The summed E-state index contributed by atoms with van der Waals surface area (Å²) in [5.74, 6) is -0.643. The summed E-state index contributed by atoms with van der Waals surface area (Å²) in [4.78, 5) is 31.8. The Morgan fingerprint density at radius 3 is 2.39 bits per heavy atom. The maximum atomic E-state index is 13.6. The molecule has 2 saturated heterocycles. The van der Waals surface area contributed by atoms with Crippen LogP contribution >= 0.6 is 23.4 Å². The topological polar surface area (TPSA) is 65.1 Å². The van der Waals surface area contributed by atoms with Crippen LogP contribution < -0.4 is 10.3 Å². The highest BCUT2D eigenvalue weighted by atomic mass is 35.5. The molecule has 5 rings (SSSR count). The normalized spacial score (nSPS) is 20.6. The molecule has 2 fully saturated rings. The summed E-state index contributed by atoms with van der Waals surface area (Å²) in [6.07, 6.45) is 0.153. The van der Waals surface area contributed by atoms with Gasteiger partial charge in [0.1, 0.15) is 6.04 Å². The largest absolute Gasteiger partial charge is 0.373 e. The van der Waals surface area contributed by atoms with Gasteiger partial charge in [-0.3, -0.25) is 15.0 Å². The third-order valence-corrected chi connectivity index (χ3v) is 8.37. The number of hydrogen-bond acceptors (Lipinski definition) is 6. The molecular weight excluding hydrogens is 520 g/mol. The quantitative estimate of drug-likeness (QED) is 0.424. The molecule has 3 aromatic carbocycles. The first kappa shape index (κ1) is 26.6. The molecule has 0 spiro atoms. The second kappa shape index (κ2) is 11.8. The molecule has 3 aromatic rings. The maximum Gasteiger partial charge on any atom is 0.265 e. The maximum absolute atomic E-state index is 13.6. The fraction of sp³-hybridized carbons (Fsp3) is 0.310. The van der Waals surface area contributed by atoms with Gasteiger partial charge in [-0.25, -0.2) is 5.01 Å². The van der Waals surface area contributed by atoms with Gasteiger partial charge in [0.15, 0.2) is 5.25 Å². The zero-order valence-corrected chi connectivity index (χ0v) is 23.0. The molecule has 3 atom stereocenters. The number of amides is 2. The summed E-state index contributed by atoms with van der Waals surface area (Å²) in [5, 5.41) is 1.06. The van der Waals surface area contributed by atoms with E-state index in [4.69, 9.17) is 16.3 Å². The predicted octanol–water partition coefficient (Wildman–Crippen LogP) is 4.23. The molecule has 0 aromatic heterocycles. The molecule has 0 aliphatic carbocycles. The summed E-state index contributed by atoms with van der Waals surface area (Å²) < 4.78 is 5.93. The number of nitrogens with zero attached hydrogens (tertiary/aromatic N) is 3. The predicted molar refractivity (Wildman–Crippen MR) is 151 cm³/mol. The summed E-state index contributed by atoms with van der Waals surface area (Å²) in [6, 6.07) is 24.8. The van der Waals surface area contributed by atoms with Crippen LogP contribution in [0.5, 0.6) is 0 Å². The Morgan fingerprint density at radius 2 is 1.68 bits per heavy atom. The molecule has 198 valence electrons. The molecule has 0 saturated carbocycles. The van der Waals surface area contributed by atoms with Crippen LogP contribution in [-0.2, 0) is 14.3 Å². The van der Waals surface area contributed by atoms with Crippen LogP contribution in [0.25, 0.3) is 0 Å². The van der Waals surface area contributed by atoms with Gasteiger partial charge < -0.3 is 14.5 Å². The Morgan fingerprint density at radius 1 is 1.00 bits per heavy atom. The van der Waals surface area contributed by atoms with Crippen LogP contribution in [0.3, 0.4) is 0 Å². The zero-order valence-electron chi connectivity index (χ0n) is 21.4. The van der Waals surface area contributed by atoms with Crippen molar-refractivity contribution < 1.29 is 14.3 Å². The molecule has 2 aliphatic rings. The molecule has 9 heteroatoms. The number of ether oxygens (including phenoxy) is 1. The van der Waals surface area contributed by atoms with Crippen LogP contribution in [0.2, 0.25) is 5.02 Å². The van der Waals surface area contributed by atoms with Crippen molar-refractivity contribution in [2.75, 3.05) is 45.2 Å². The second-order valence-corrected chi connectivity index (χ2v) is 11.3. The molecular formula is C29H31ClN4O3S. The minimum atomic E-state index is -0.914. The summed E-state index contributed by atoms with van der Waals surface area (Å²) in [7, 11) is 4.10. The fourth-order valence-corrected chi connectivity index (χ4v) is 6.13. The van der Waals surface area contributed by atoms with Gasteiger partial charge >= 0.3 is 0 Å². The van der Waals surface area contributed by atoms with Crippen LogP contribution in [0.1, 0.15) is 17.2 Å². The average Bonchev–Trinajstić information content (AvgIpc) is 3.19. The number of morpholine rings is 1. The SMILES string of the molecule is CN(C)CC1CN(c2ccc(C(c3ccccc3)N3NC(=O)C(Sc4ccccc4Cl)C3=O)cc2)CCO1. The number of hydrogen-bond donors (Lipinski definition) is 1. The molecule has 38 heavy (non-hydrogen) atoms. The Balaban J connectivity index is 1.39. The zero-order chi connectivity index (χ0) is 26.6. The lowest BCUT2D eigenvalue weighted by atomic mass is 9.97. The van der Waals surface area contributed by atoms with Crippen molar-refractivity contribution >= 4 is 40.9 Å². The van der Waals surface area contributed by atoms with E-state index < -0.39 is 11.3 Å². The van der Waals surface area contributed by atoms with Gasteiger partial charge in [-0.1, -0.05) is 66.2 Å². The Labute approximate surface area is 232 Å². The van der Waals surface area contributed by atoms with E-state index in [0.717, 1.165) is 36.4 Å². The number of thioether (sulfide) groups is 1. The first-order valence-corrected chi connectivity index (χ1v) is 13.9. The number of rotatable bonds is 8. The number of hydrazine groups is 1. The first-order valence-electron chi connectivity index (χ1n) is 12.6.